The second-order valence-electron chi connectivity index (χ2n) is 6.44. The van der Waals surface area contributed by atoms with Gasteiger partial charge in [-0.15, -0.1) is 0 Å². The number of hydrogen-bond acceptors (Lipinski definition) is 4. The summed E-state index contributed by atoms with van der Waals surface area (Å²) in [5, 5.41) is 6.69. The number of nitrogens with zero attached hydrogens (tertiary/aromatic N) is 2. The molecule has 1 aliphatic rings. The van der Waals surface area contributed by atoms with E-state index in [1.807, 2.05) is 18.2 Å². The molecule has 0 amide bonds. The lowest BCUT2D eigenvalue weighted by atomic mass is 10.0. The van der Waals surface area contributed by atoms with E-state index in [1.54, 1.807) is 0 Å². The van der Waals surface area contributed by atoms with E-state index in [0.717, 1.165) is 36.1 Å². The summed E-state index contributed by atoms with van der Waals surface area (Å²) in [5.74, 6) is 2.42. The predicted octanol–water partition coefficient (Wildman–Crippen LogP) is 1.81. The second-order valence-corrected chi connectivity index (χ2v) is 6.44. The average Bonchev–Trinajstić information content (AvgIpc) is 2.97. The van der Waals surface area contributed by atoms with Gasteiger partial charge >= 0.3 is 0 Å². The van der Waals surface area contributed by atoms with Crippen molar-refractivity contribution >= 4 is 5.96 Å². The molecule has 1 aliphatic heterocycles. The molecular weight excluding hydrogens is 292 g/mol. The van der Waals surface area contributed by atoms with Gasteiger partial charge in [-0.05, 0) is 52.6 Å². The summed E-state index contributed by atoms with van der Waals surface area (Å²) in [7, 11) is 4.16. The molecule has 0 aromatic heterocycles. The minimum absolute atomic E-state index is 0.0505. The van der Waals surface area contributed by atoms with Crippen molar-refractivity contribution in [3.63, 3.8) is 0 Å². The molecule has 0 bridgehead atoms. The van der Waals surface area contributed by atoms with Gasteiger partial charge in [-0.2, -0.15) is 0 Å². The fourth-order valence-electron chi connectivity index (χ4n) is 2.01. The summed E-state index contributed by atoms with van der Waals surface area (Å²) in [5.41, 5.74) is 1.15. The Labute approximate surface area is 138 Å². The first kappa shape index (κ1) is 17.4. The Morgan fingerprint density at radius 1 is 1.22 bits per heavy atom. The highest BCUT2D eigenvalue weighted by Gasteiger charge is 2.20. The Morgan fingerprint density at radius 2 is 1.96 bits per heavy atom. The van der Waals surface area contributed by atoms with Crippen molar-refractivity contribution in [1.29, 1.82) is 0 Å². The fraction of sp³-hybridized carbons (Fsp3) is 0.588. The number of hydrogen-bond donors (Lipinski definition) is 2. The monoisotopic (exact) mass is 320 g/mol. The standard InChI is InChI=1S/C17H28N4O2/c1-6-18-16(20-11-17(2,3)21(4)5)19-10-13-7-8-14-15(9-13)23-12-22-14/h7-9H,6,10-12H2,1-5H3,(H2,18,19,20). The molecule has 6 nitrogen and oxygen atoms in total. The van der Waals surface area contributed by atoms with Crippen LogP contribution in [0.25, 0.3) is 0 Å². The van der Waals surface area contributed by atoms with Crippen LogP contribution in [0.3, 0.4) is 0 Å². The van der Waals surface area contributed by atoms with E-state index >= 15 is 0 Å². The van der Waals surface area contributed by atoms with Crippen molar-refractivity contribution in [2.45, 2.75) is 32.9 Å². The van der Waals surface area contributed by atoms with Gasteiger partial charge in [0.1, 0.15) is 0 Å². The number of likely N-dealkylation sites (N-methyl/N-ethyl adjacent to an activating group) is 1. The van der Waals surface area contributed by atoms with Gasteiger partial charge < -0.3 is 25.0 Å². The van der Waals surface area contributed by atoms with Crippen molar-refractivity contribution < 1.29 is 9.47 Å². The molecule has 0 atom stereocenters. The maximum absolute atomic E-state index is 5.40. The Kier molecular flexibility index (Phi) is 5.71. The number of nitrogens with one attached hydrogen (secondary N) is 2. The van der Waals surface area contributed by atoms with E-state index in [1.165, 1.54) is 0 Å². The molecular formula is C17H28N4O2. The van der Waals surface area contributed by atoms with Crippen LogP contribution < -0.4 is 20.1 Å². The maximum atomic E-state index is 5.40. The molecule has 0 saturated carbocycles. The largest absolute Gasteiger partial charge is 0.454 e. The van der Waals surface area contributed by atoms with Gasteiger partial charge in [-0.1, -0.05) is 6.07 Å². The van der Waals surface area contributed by atoms with E-state index in [2.05, 4.69) is 55.4 Å². The molecule has 2 rings (SSSR count). The lowest BCUT2D eigenvalue weighted by molar-refractivity contribution is 0.174. The molecule has 1 aromatic rings. The molecule has 0 spiro atoms. The Hall–Kier alpha value is -1.95. The number of fused-ring (bicyclic) bond motifs is 1. The normalized spacial score (nSPS) is 14.3. The molecule has 2 N–H and O–H groups in total. The Balaban J connectivity index is 1.98. The van der Waals surface area contributed by atoms with Gasteiger partial charge in [0.15, 0.2) is 17.5 Å². The highest BCUT2D eigenvalue weighted by atomic mass is 16.7. The second kappa shape index (κ2) is 7.55. The van der Waals surface area contributed by atoms with Crippen LogP contribution in [0.15, 0.2) is 23.2 Å². The van der Waals surface area contributed by atoms with Gasteiger partial charge in [0.05, 0.1) is 6.54 Å². The molecule has 6 heteroatoms. The summed E-state index contributed by atoms with van der Waals surface area (Å²) in [6, 6.07) is 5.94. The van der Waals surface area contributed by atoms with Gasteiger partial charge in [0, 0.05) is 18.6 Å². The molecule has 1 heterocycles. The van der Waals surface area contributed by atoms with Crippen LogP contribution in [0, 0.1) is 0 Å². The highest BCUT2D eigenvalue weighted by Crippen LogP contribution is 2.32. The first-order valence-electron chi connectivity index (χ1n) is 8.00. The summed E-state index contributed by atoms with van der Waals surface area (Å²) < 4.78 is 10.7. The lowest BCUT2D eigenvalue weighted by Crippen LogP contribution is -2.50. The zero-order valence-corrected chi connectivity index (χ0v) is 14.8. The first-order valence-corrected chi connectivity index (χ1v) is 8.00. The van der Waals surface area contributed by atoms with Crippen molar-refractivity contribution in [3.8, 4) is 11.5 Å². The SMILES string of the molecule is CCNC(=NCc1ccc2c(c1)OCO2)NCC(C)(C)N(C)C. The molecule has 128 valence electrons. The smallest absolute Gasteiger partial charge is 0.231 e. The highest BCUT2D eigenvalue weighted by molar-refractivity contribution is 5.79. The summed E-state index contributed by atoms with van der Waals surface area (Å²) in [6.45, 7) is 8.99. The van der Waals surface area contributed by atoms with Gasteiger partial charge in [-0.3, -0.25) is 0 Å². The number of guanidine groups is 1. The quantitative estimate of drug-likeness (QED) is 0.618. The summed E-state index contributed by atoms with van der Waals surface area (Å²) >= 11 is 0. The van der Waals surface area contributed by atoms with E-state index in [-0.39, 0.29) is 5.54 Å². The fourth-order valence-corrected chi connectivity index (χ4v) is 2.01. The van der Waals surface area contributed by atoms with E-state index in [9.17, 15) is 0 Å². The lowest BCUT2D eigenvalue weighted by Gasteiger charge is -2.33. The zero-order valence-electron chi connectivity index (χ0n) is 14.8. The first-order chi connectivity index (χ1) is 10.9. The van der Waals surface area contributed by atoms with Crippen molar-refractivity contribution in [3.05, 3.63) is 23.8 Å². The third-order valence-electron chi connectivity index (χ3n) is 4.10. The Morgan fingerprint density at radius 3 is 2.65 bits per heavy atom. The zero-order chi connectivity index (χ0) is 16.9. The minimum atomic E-state index is 0.0505. The van der Waals surface area contributed by atoms with Gasteiger partial charge in [-0.25, -0.2) is 4.99 Å². The van der Waals surface area contributed by atoms with Crippen molar-refractivity contribution in [1.82, 2.24) is 15.5 Å². The third-order valence-corrected chi connectivity index (χ3v) is 4.10. The van der Waals surface area contributed by atoms with Gasteiger partial charge in [0.25, 0.3) is 0 Å². The number of rotatable bonds is 6. The van der Waals surface area contributed by atoms with Crippen LogP contribution >= 0.6 is 0 Å². The number of benzene rings is 1. The van der Waals surface area contributed by atoms with E-state index in [4.69, 9.17) is 9.47 Å². The molecule has 0 fully saturated rings. The number of aliphatic imine (C=N–C) groups is 1. The van der Waals surface area contributed by atoms with Gasteiger partial charge in [0.2, 0.25) is 6.79 Å². The maximum Gasteiger partial charge on any atom is 0.231 e. The molecule has 0 aliphatic carbocycles. The average molecular weight is 320 g/mol. The van der Waals surface area contributed by atoms with Crippen LogP contribution in [-0.4, -0.2) is 50.4 Å². The predicted molar refractivity (Wildman–Crippen MR) is 93.1 cm³/mol. The van der Waals surface area contributed by atoms with E-state index < -0.39 is 0 Å². The third kappa shape index (κ3) is 4.76. The summed E-state index contributed by atoms with van der Waals surface area (Å²) in [6.07, 6.45) is 0. The van der Waals surface area contributed by atoms with Crippen LogP contribution in [0.2, 0.25) is 0 Å². The molecule has 0 radical (unpaired) electrons. The summed E-state index contributed by atoms with van der Waals surface area (Å²) in [4.78, 5) is 6.85. The minimum Gasteiger partial charge on any atom is -0.454 e. The Bertz CT molecular complexity index is 556. The van der Waals surface area contributed by atoms with Crippen LogP contribution in [-0.2, 0) is 6.54 Å². The molecule has 0 saturated heterocycles. The topological polar surface area (TPSA) is 58.1 Å². The van der Waals surface area contributed by atoms with Crippen LogP contribution in [0.1, 0.15) is 26.3 Å². The molecule has 23 heavy (non-hydrogen) atoms. The molecule has 0 unspecified atom stereocenters. The van der Waals surface area contributed by atoms with Crippen molar-refractivity contribution in [2.75, 3.05) is 34.0 Å². The van der Waals surface area contributed by atoms with Crippen LogP contribution in [0.4, 0.5) is 0 Å². The van der Waals surface area contributed by atoms with Crippen molar-refractivity contribution in [2.24, 2.45) is 4.99 Å². The van der Waals surface area contributed by atoms with E-state index in [0.29, 0.717) is 13.3 Å². The molecule has 1 aromatic carbocycles. The number of ether oxygens (including phenoxy) is 2. The van der Waals surface area contributed by atoms with Crippen LogP contribution in [0.5, 0.6) is 11.5 Å².